The molecule has 17 heavy (non-hydrogen) atoms. The molecule has 0 aromatic heterocycles. The molecule has 3 nitrogen and oxygen atoms in total. The molecule has 1 unspecified atom stereocenters. The number of benzene rings is 1. The molecule has 3 heteroatoms. The second-order valence-corrected chi connectivity index (χ2v) is 4.25. The topological polar surface area (TPSA) is 40.5 Å². The van der Waals surface area contributed by atoms with Crippen LogP contribution in [0.15, 0.2) is 18.2 Å². The first-order valence-corrected chi connectivity index (χ1v) is 6.05. The average Bonchev–Trinajstić information content (AvgIpc) is 2.30. The van der Waals surface area contributed by atoms with E-state index in [-0.39, 0.29) is 0 Å². The van der Waals surface area contributed by atoms with E-state index >= 15 is 0 Å². The van der Waals surface area contributed by atoms with E-state index in [0.29, 0.717) is 0 Å². The van der Waals surface area contributed by atoms with Crippen LogP contribution in [0.25, 0.3) is 0 Å². The third kappa shape index (κ3) is 2.86. The first-order valence-electron chi connectivity index (χ1n) is 6.05. The molecule has 1 rings (SSSR count). The van der Waals surface area contributed by atoms with Gasteiger partial charge in [0, 0.05) is 0 Å². The number of carboxylic acids is 1. The number of aliphatic carboxylic acids is 1. The Morgan fingerprint density at radius 3 is 2.35 bits per heavy atom. The second kappa shape index (κ2) is 5.82. The van der Waals surface area contributed by atoms with Crippen molar-refractivity contribution in [3.63, 3.8) is 0 Å². The van der Waals surface area contributed by atoms with Crippen molar-refractivity contribution < 1.29 is 9.90 Å². The normalized spacial score (nSPS) is 12.8. The molecular weight excluding hydrogens is 214 g/mol. The summed E-state index contributed by atoms with van der Waals surface area (Å²) in [5, 5.41) is 9.43. The van der Waals surface area contributed by atoms with Crippen LogP contribution in [0.1, 0.15) is 36.6 Å². The zero-order valence-electron chi connectivity index (χ0n) is 11.0. The van der Waals surface area contributed by atoms with Gasteiger partial charge in [0.15, 0.2) is 0 Å². The van der Waals surface area contributed by atoms with E-state index in [9.17, 15) is 9.90 Å². The minimum atomic E-state index is -0.776. The van der Waals surface area contributed by atoms with Gasteiger partial charge >= 0.3 is 5.97 Å². The molecule has 1 aromatic carbocycles. The van der Waals surface area contributed by atoms with Crippen molar-refractivity contribution in [2.75, 3.05) is 13.1 Å². The molecule has 0 aliphatic heterocycles. The fourth-order valence-corrected chi connectivity index (χ4v) is 2.14. The highest BCUT2D eigenvalue weighted by atomic mass is 16.4. The summed E-state index contributed by atoms with van der Waals surface area (Å²) >= 11 is 0. The maximum absolute atomic E-state index is 11.5. The Kier molecular flexibility index (Phi) is 4.70. The van der Waals surface area contributed by atoms with Crippen molar-refractivity contribution in [3.05, 3.63) is 34.9 Å². The van der Waals surface area contributed by atoms with Gasteiger partial charge in [0.2, 0.25) is 0 Å². The van der Waals surface area contributed by atoms with Crippen LogP contribution in [0.4, 0.5) is 0 Å². The lowest BCUT2D eigenvalue weighted by atomic mass is 9.96. The van der Waals surface area contributed by atoms with Gasteiger partial charge < -0.3 is 5.11 Å². The number of carboxylic acid groups (broad SMARTS) is 1. The molecule has 0 radical (unpaired) electrons. The maximum Gasteiger partial charge on any atom is 0.325 e. The molecule has 0 saturated carbocycles. The zero-order valence-corrected chi connectivity index (χ0v) is 11.0. The Labute approximate surface area is 103 Å². The predicted molar refractivity (Wildman–Crippen MR) is 69.2 cm³/mol. The number of aryl methyl sites for hydroxylation is 1. The highest BCUT2D eigenvalue weighted by Gasteiger charge is 2.26. The van der Waals surface area contributed by atoms with Crippen LogP contribution in [0.2, 0.25) is 0 Å². The van der Waals surface area contributed by atoms with Crippen LogP contribution in [0.5, 0.6) is 0 Å². The van der Waals surface area contributed by atoms with Crippen molar-refractivity contribution >= 4 is 5.97 Å². The molecule has 94 valence electrons. The maximum atomic E-state index is 11.5. The number of rotatable bonds is 5. The standard InChI is InChI=1S/C14H21NO2/c1-5-15(6-2)13(14(16)17)12-9-7-8-10(3)11(12)4/h7-9,13H,5-6H2,1-4H3,(H,16,17). The summed E-state index contributed by atoms with van der Waals surface area (Å²) in [6.45, 7) is 9.46. The molecule has 0 heterocycles. The third-order valence-corrected chi connectivity index (χ3v) is 3.35. The van der Waals surface area contributed by atoms with E-state index in [0.717, 1.165) is 29.8 Å². The molecule has 0 aliphatic rings. The molecule has 1 aromatic rings. The molecule has 0 aliphatic carbocycles. The first kappa shape index (κ1) is 13.7. The summed E-state index contributed by atoms with van der Waals surface area (Å²) in [6.07, 6.45) is 0. The quantitative estimate of drug-likeness (QED) is 0.853. The van der Waals surface area contributed by atoms with Crippen molar-refractivity contribution in [1.29, 1.82) is 0 Å². The minimum Gasteiger partial charge on any atom is -0.480 e. The monoisotopic (exact) mass is 235 g/mol. The smallest absolute Gasteiger partial charge is 0.325 e. The van der Waals surface area contributed by atoms with E-state index in [4.69, 9.17) is 0 Å². The van der Waals surface area contributed by atoms with Gasteiger partial charge in [0.05, 0.1) is 0 Å². The van der Waals surface area contributed by atoms with Gasteiger partial charge in [-0.2, -0.15) is 0 Å². The largest absolute Gasteiger partial charge is 0.480 e. The van der Waals surface area contributed by atoms with Gasteiger partial charge in [0.25, 0.3) is 0 Å². The molecule has 0 spiro atoms. The van der Waals surface area contributed by atoms with Gasteiger partial charge in [-0.3, -0.25) is 9.69 Å². The van der Waals surface area contributed by atoms with Gasteiger partial charge in [-0.05, 0) is 43.6 Å². The van der Waals surface area contributed by atoms with E-state index in [1.54, 1.807) is 0 Å². The molecule has 1 N–H and O–H groups in total. The second-order valence-electron chi connectivity index (χ2n) is 4.25. The zero-order chi connectivity index (χ0) is 13.0. The molecule has 0 amide bonds. The predicted octanol–water partition coefficient (Wildman–Crippen LogP) is 2.77. The highest BCUT2D eigenvalue weighted by molar-refractivity contribution is 5.76. The third-order valence-electron chi connectivity index (χ3n) is 3.35. The number of hydrogen-bond donors (Lipinski definition) is 1. The van der Waals surface area contributed by atoms with Crippen molar-refractivity contribution in [2.45, 2.75) is 33.7 Å². The van der Waals surface area contributed by atoms with E-state index in [1.165, 1.54) is 0 Å². The SMILES string of the molecule is CCN(CC)C(C(=O)O)c1cccc(C)c1C. The lowest BCUT2D eigenvalue weighted by Crippen LogP contribution is -2.34. The molecule has 1 atom stereocenters. The van der Waals surface area contributed by atoms with Gasteiger partial charge in [-0.1, -0.05) is 32.0 Å². The summed E-state index contributed by atoms with van der Waals surface area (Å²) in [5.74, 6) is -0.776. The summed E-state index contributed by atoms with van der Waals surface area (Å²) in [4.78, 5) is 13.4. The molecule has 0 saturated heterocycles. The van der Waals surface area contributed by atoms with E-state index in [2.05, 4.69) is 0 Å². The van der Waals surface area contributed by atoms with Crippen LogP contribution in [-0.2, 0) is 4.79 Å². The van der Waals surface area contributed by atoms with Crippen molar-refractivity contribution in [2.24, 2.45) is 0 Å². The minimum absolute atomic E-state index is 0.537. The van der Waals surface area contributed by atoms with Gasteiger partial charge in [0.1, 0.15) is 6.04 Å². The van der Waals surface area contributed by atoms with Crippen molar-refractivity contribution in [1.82, 2.24) is 4.90 Å². The average molecular weight is 235 g/mol. The lowest BCUT2D eigenvalue weighted by molar-refractivity contribution is -0.143. The molecule has 0 bridgehead atoms. The number of hydrogen-bond acceptors (Lipinski definition) is 2. The van der Waals surface area contributed by atoms with Crippen LogP contribution in [0, 0.1) is 13.8 Å². The first-order chi connectivity index (χ1) is 8.02. The van der Waals surface area contributed by atoms with Crippen LogP contribution < -0.4 is 0 Å². The molecular formula is C14H21NO2. The Balaban J connectivity index is 3.23. The summed E-state index contributed by atoms with van der Waals surface area (Å²) in [5.41, 5.74) is 3.12. The van der Waals surface area contributed by atoms with Crippen molar-refractivity contribution in [3.8, 4) is 0 Å². The van der Waals surface area contributed by atoms with E-state index in [1.807, 2.05) is 50.8 Å². The Hall–Kier alpha value is -1.35. The number of nitrogens with zero attached hydrogens (tertiary/aromatic N) is 1. The van der Waals surface area contributed by atoms with Gasteiger partial charge in [-0.15, -0.1) is 0 Å². The lowest BCUT2D eigenvalue weighted by Gasteiger charge is -2.28. The Bertz CT molecular complexity index is 397. The summed E-state index contributed by atoms with van der Waals surface area (Å²) < 4.78 is 0. The summed E-state index contributed by atoms with van der Waals surface area (Å²) in [6, 6.07) is 5.32. The summed E-state index contributed by atoms with van der Waals surface area (Å²) in [7, 11) is 0. The molecule has 0 fully saturated rings. The van der Waals surface area contributed by atoms with E-state index < -0.39 is 12.0 Å². The Morgan fingerprint density at radius 2 is 1.88 bits per heavy atom. The fourth-order valence-electron chi connectivity index (χ4n) is 2.14. The van der Waals surface area contributed by atoms with Crippen LogP contribution in [0.3, 0.4) is 0 Å². The highest BCUT2D eigenvalue weighted by Crippen LogP contribution is 2.25. The van der Waals surface area contributed by atoms with Crippen LogP contribution >= 0.6 is 0 Å². The number of carbonyl (C=O) groups is 1. The van der Waals surface area contributed by atoms with Gasteiger partial charge in [-0.25, -0.2) is 0 Å². The van der Waals surface area contributed by atoms with Crippen LogP contribution in [-0.4, -0.2) is 29.1 Å². The fraction of sp³-hybridized carbons (Fsp3) is 0.500. The Morgan fingerprint density at radius 1 is 1.29 bits per heavy atom. The number of likely N-dealkylation sites (N-methyl/N-ethyl adjacent to an activating group) is 1.